The highest BCUT2D eigenvalue weighted by Crippen LogP contribution is 2.31. The molecular weight excluding hydrogens is 382 g/mol. The van der Waals surface area contributed by atoms with E-state index in [1.54, 1.807) is 28.4 Å². The third-order valence-corrected chi connectivity index (χ3v) is 5.83. The number of aryl methyl sites for hydroxylation is 3. The maximum atomic E-state index is 13.2. The minimum Gasteiger partial charge on any atom is -0.495 e. The van der Waals surface area contributed by atoms with Crippen LogP contribution in [-0.2, 0) is 23.1 Å². The second kappa shape index (κ2) is 7.58. The molecule has 0 spiro atoms. The summed E-state index contributed by atoms with van der Waals surface area (Å²) in [4.78, 5) is 0.00111. The van der Waals surface area contributed by atoms with Crippen molar-refractivity contribution in [2.45, 2.75) is 45.7 Å². The zero-order valence-corrected chi connectivity index (χ0v) is 17.3. The molecule has 0 bridgehead atoms. The number of anilines is 1. The summed E-state index contributed by atoms with van der Waals surface area (Å²) in [5.74, 6) is 0.706. The van der Waals surface area contributed by atoms with Gasteiger partial charge in [0.25, 0.3) is 10.0 Å². The Morgan fingerprint density at radius 3 is 2.46 bits per heavy atom. The number of nitrogens with zero attached hydrogens (tertiary/aromatic N) is 6. The molecule has 0 saturated carbocycles. The molecule has 0 unspecified atom stereocenters. The van der Waals surface area contributed by atoms with Crippen molar-refractivity contribution in [3.63, 3.8) is 0 Å². The highest BCUT2D eigenvalue weighted by molar-refractivity contribution is 7.92. The number of methoxy groups -OCH3 is 1. The summed E-state index contributed by atoms with van der Waals surface area (Å²) in [6.07, 6.45) is 0. The number of hydrogen-bond acceptors (Lipinski definition) is 7. The van der Waals surface area contributed by atoms with Crippen molar-refractivity contribution in [1.29, 1.82) is 0 Å². The molecule has 0 aliphatic rings. The van der Waals surface area contributed by atoms with Crippen molar-refractivity contribution in [3.8, 4) is 17.1 Å². The lowest BCUT2D eigenvalue weighted by Crippen LogP contribution is -2.15. The van der Waals surface area contributed by atoms with E-state index in [4.69, 9.17) is 4.74 Å². The lowest BCUT2D eigenvalue weighted by Gasteiger charge is -2.13. The molecule has 3 aromatic rings. The van der Waals surface area contributed by atoms with E-state index in [1.165, 1.54) is 13.2 Å². The summed E-state index contributed by atoms with van der Waals surface area (Å²) in [7, 11) is -2.51. The maximum absolute atomic E-state index is 13.2. The van der Waals surface area contributed by atoms with E-state index in [0.717, 1.165) is 5.69 Å². The molecule has 2 heterocycles. The fourth-order valence-corrected chi connectivity index (χ4v) is 4.36. The molecule has 3 rings (SSSR count). The molecular formula is C17H23N7O3S. The molecule has 0 fully saturated rings. The van der Waals surface area contributed by atoms with Crippen LogP contribution in [0.3, 0.4) is 0 Å². The SMILES string of the molecule is CCn1nnnc1-c1ccc(OC)c(S(=O)(=O)Nc2c(C)nn(CC)c2C)c1. The van der Waals surface area contributed by atoms with Gasteiger partial charge < -0.3 is 4.74 Å². The van der Waals surface area contributed by atoms with Crippen LogP contribution < -0.4 is 9.46 Å². The van der Waals surface area contributed by atoms with Crippen LogP contribution >= 0.6 is 0 Å². The van der Waals surface area contributed by atoms with Crippen LogP contribution in [-0.4, -0.2) is 45.5 Å². The van der Waals surface area contributed by atoms with E-state index >= 15 is 0 Å². The van der Waals surface area contributed by atoms with Gasteiger partial charge in [0.05, 0.1) is 24.2 Å². The Morgan fingerprint density at radius 2 is 1.86 bits per heavy atom. The molecule has 10 nitrogen and oxygen atoms in total. The van der Waals surface area contributed by atoms with E-state index in [0.29, 0.717) is 35.9 Å². The van der Waals surface area contributed by atoms with Gasteiger partial charge in [0.1, 0.15) is 10.6 Å². The van der Waals surface area contributed by atoms with E-state index < -0.39 is 10.0 Å². The number of aromatic nitrogens is 6. The van der Waals surface area contributed by atoms with Crippen molar-refractivity contribution in [1.82, 2.24) is 30.0 Å². The quantitative estimate of drug-likeness (QED) is 0.639. The van der Waals surface area contributed by atoms with Gasteiger partial charge >= 0.3 is 0 Å². The van der Waals surface area contributed by atoms with Crippen LogP contribution in [0.2, 0.25) is 0 Å². The molecule has 28 heavy (non-hydrogen) atoms. The molecule has 0 radical (unpaired) electrons. The van der Waals surface area contributed by atoms with Gasteiger partial charge in [-0.1, -0.05) is 0 Å². The lowest BCUT2D eigenvalue weighted by molar-refractivity contribution is 0.403. The van der Waals surface area contributed by atoms with Crippen LogP contribution in [0.1, 0.15) is 25.2 Å². The summed E-state index contributed by atoms with van der Waals surface area (Å²) >= 11 is 0. The molecule has 0 amide bonds. The summed E-state index contributed by atoms with van der Waals surface area (Å²) in [5, 5.41) is 15.9. The minimum absolute atomic E-state index is 0.00111. The average molecular weight is 405 g/mol. The largest absolute Gasteiger partial charge is 0.495 e. The molecule has 150 valence electrons. The van der Waals surface area contributed by atoms with Crippen LogP contribution in [0.4, 0.5) is 5.69 Å². The standard InChI is InChI=1S/C17H23N7O3S/c1-6-23-12(4)16(11(3)19-23)20-28(25,26)15-10-13(8-9-14(15)27-5)17-18-21-22-24(17)7-2/h8-10,20H,6-7H2,1-5H3. The predicted molar refractivity (Wildman–Crippen MR) is 104 cm³/mol. The van der Waals surface area contributed by atoms with Crippen molar-refractivity contribution in [3.05, 3.63) is 29.6 Å². The molecule has 0 aliphatic heterocycles. The first-order chi connectivity index (χ1) is 13.3. The molecule has 2 aromatic heterocycles. The molecule has 1 aromatic carbocycles. The zero-order valence-electron chi connectivity index (χ0n) is 16.5. The van der Waals surface area contributed by atoms with E-state index in [2.05, 4.69) is 25.3 Å². The Morgan fingerprint density at radius 1 is 1.14 bits per heavy atom. The Labute approximate surface area is 163 Å². The summed E-state index contributed by atoms with van der Waals surface area (Å²) in [6.45, 7) is 8.64. The van der Waals surface area contributed by atoms with Crippen LogP contribution in [0.25, 0.3) is 11.4 Å². The van der Waals surface area contributed by atoms with Crippen molar-refractivity contribution in [2.24, 2.45) is 0 Å². The van der Waals surface area contributed by atoms with Crippen LogP contribution in [0.15, 0.2) is 23.1 Å². The summed E-state index contributed by atoms with van der Waals surface area (Å²) in [5.41, 5.74) is 2.39. The summed E-state index contributed by atoms with van der Waals surface area (Å²) < 4.78 is 37.6. The highest BCUT2D eigenvalue weighted by Gasteiger charge is 2.24. The lowest BCUT2D eigenvalue weighted by atomic mass is 10.2. The Bertz CT molecular complexity index is 1100. The second-order valence-electron chi connectivity index (χ2n) is 6.15. The Balaban J connectivity index is 2.08. The highest BCUT2D eigenvalue weighted by atomic mass is 32.2. The Kier molecular flexibility index (Phi) is 5.36. The fourth-order valence-electron chi connectivity index (χ4n) is 2.99. The minimum atomic E-state index is -3.94. The molecule has 0 aliphatic carbocycles. The normalized spacial score (nSPS) is 11.6. The first kappa shape index (κ1) is 19.8. The predicted octanol–water partition coefficient (Wildman–Crippen LogP) is 2.00. The number of benzene rings is 1. The van der Waals surface area contributed by atoms with Gasteiger partial charge in [-0.15, -0.1) is 5.10 Å². The third kappa shape index (κ3) is 3.44. The molecule has 0 saturated heterocycles. The number of nitrogens with one attached hydrogen (secondary N) is 1. The number of ether oxygens (including phenoxy) is 1. The van der Waals surface area contributed by atoms with E-state index in [1.807, 2.05) is 20.8 Å². The van der Waals surface area contributed by atoms with Crippen LogP contribution in [0, 0.1) is 13.8 Å². The zero-order chi connectivity index (χ0) is 20.5. The second-order valence-corrected chi connectivity index (χ2v) is 7.80. The third-order valence-electron chi connectivity index (χ3n) is 4.46. The van der Waals surface area contributed by atoms with Gasteiger partial charge in [-0.2, -0.15) is 5.10 Å². The maximum Gasteiger partial charge on any atom is 0.265 e. The molecule has 11 heteroatoms. The number of rotatable bonds is 7. The van der Waals surface area contributed by atoms with E-state index in [-0.39, 0.29) is 10.6 Å². The average Bonchev–Trinajstić information content (AvgIpc) is 3.27. The first-order valence-corrected chi connectivity index (χ1v) is 10.3. The van der Waals surface area contributed by atoms with Crippen LogP contribution in [0.5, 0.6) is 5.75 Å². The monoisotopic (exact) mass is 405 g/mol. The Hall–Kier alpha value is -2.95. The van der Waals surface area contributed by atoms with Crippen molar-refractivity contribution >= 4 is 15.7 Å². The van der Waals surface area contributed by atoms with Crippen molar-refractivity contribution < 1.29 is 13.2 Å². The first-order valence-electron chi connectivity index (χ1n) is 8.83. The number of hydrogen-bond donors (Lipinski definition) is 1. The number of sulfonamides is 1. The van der Waals surface area contributed by atoms with Gasteiger partial charge in [-0.25, -0.2) is 13.1 Å². The van der Waals surface area contributed by atoms with E-state index in [9.17, 15) is 8.42 Å². The van der Waals surface area contributed by atoms with Crippen molar-refractivity contribution in [2.75, 3.05) is 11.8 Å². The topological polar surface area (TPSA) is 117 Å². The molecule has 1 N–H and O–H groups in total. The van der Waals surface area contributed by atoms with Gasteiger partial charge in [0, 0.05) is 18.7 Å². The van der Waals surface area contributed by atoms with Gasteiger partial charge in [0.15, 0.2) is 5.82 Å². The smallest absolute Gasteiger partial charge is 0.265 e. The molecule has 0 atom stereocenters. The van der Waals surface area contributed by atoms with Gasteiger partial charge in [-0.05, 0) is 56.3 Å². The summed E-state index contributed by atoms with van der Waals surface area (Å²) in [6, 6.07) is 4.82. The van der Waals surface area contributed by atoms with Gasteiger partial charge in [-0.3, -0.25) is 9.40 Å². The fraction of sp³-hybridized carbons (Fsp3) is 0.412. The van der Waals surface area contributed by atoms with Gasteiger partial charge in [0.2, 0.25) is 0 Å². The number of tetrazole rings is 1.